The van der Waals surface area contributed by atoms with Gasteiger partial charge in [0.05, 0.1) is 0 Å². The molecule has 1 aliphatic rings. The zero-order valence-electron chi connectivity index (χ0n) is 14.8. The van der Waals surface area contributed by atoms with Gasteiger partial charge in [-0.15, -0.1) is 15.3 Å². The van der Waals surface area contributed by atoms with Gasteiger partial charge < -0.3 is 9.88 Å². The van der Waals surface area contributed by atoms with Crippen LogP contribution in [0.4, 0.5) is 19.0 Å². The SMILES string of the molecule is FC(F)(F)c1nnc2ccc(N3CCC(c4c[nH]c5ccccc45)CC3)nn12. The molecule has 0 amide bonds. The van der Waals surface area contributed by atoms with Gasteiger partial charge in [0.15, 0.2) is 5.65 Å². The maximum atomic E-state index is 13.1. The second-order valence-electron chi connectivity index (χ2n) is 7.03. The molecule has 0 saturated carbocycles. The Morgan fingerprint density at radius 2 is 1.79 bits per heavy atom. The summed E-state index contributed by atoms with van der Waals surface area (Å²) in [6.45, 7) is 1.46. The van der Waals surface area contributed by atoms with Crippen molar-refractivity contribution < 1.29 is 13.2 Å². The van der Waals surface area contributed by atoms with Crippen molar-refractivity contribution in [2.45, 2.75) is 24.9 Å². The molecule has 0 radical (unpaired) electrons. The third-order valence-corrected chi connectivity index (χ3v) is 5.38. The highest BCUT2D eigenvalue weighted by atomic mass is 19.4. The summed E-state index contributed by atoms with van der Waals surface area (Å²) in [6, 6.07) is 11.4. The van der Waals surface area contributed by atoms with Crippen molar-refractivity contribution in [3.8, 4) is 0 Å². The molecule has 0 bridgehead atoms. The number of alkyl halides is 3. The molecule has 1 aliphatic heterocycles. The number of H-pyrrole nitrogens is 1. The molecule has 1 N–H and O–H groups in total. The van der Waals surface area contributed by atoms with Crippen LogP contribution in [0.3, 0.4) is 0 Å². The number of fused-ring (bicyclic) bond motifs is 2. The molecule has 0 atom stereocenters. The summed E-state index contributed by atoms with van der Waals surface area (Å²) < 4.78 is 40.0. The molecule has 0 aliphatic carbocycles. The van der Waals surface area contributed by atoms with E-state index in [0.29, 0.717) is 11.7 Å². The van der Waals surface area contributed by atoms with Gasteiger partial charge in [-0.05, 0) is 42.5 Å². The van der Waals surface area contributed by atoms with Gasteiger partial charge in [0.25, 0.3) is 5.82 Å². The monoisotopic (exact) mass is 386 g/mol. The molecule has 3 aromatic heterocycles. The Hall–Kier alpha value is -3.10. The van der Waals surface area contributed by atoms with Crippen LogP contribution in [0.15, 0.2) is 42.6 Å². The molecule has 6 nitrogen and oxygen atoms in total. The lowest BCUT2D eigenvalue weighted by Crippen LogP contribution is -2.33. The van der Waals surface area contributed by atoms with Crippen LogP contribution in [0, 0.1) is 0 Å². The molecule has 1 fully saturated rings. The van der Waals surface area contributed by atoms with Crippen LogP contribution in [-0.2, 0) is 6.18 Å². The van der Waals surface area contributed by atoms with Crippen LogP contribution in [0.25, 0.3) is 16.6 Å². The maximum absolute atomic E-state index is 13.1. The van der Waals surface area contributed by atoms with Gasteiger partial charge in [-0.1, -0.05) is 18.2 Å². The van der Waals surface area contributed by atoms with E-state index in [1.54, 1.807) is 6.07 Å². The van der Waals surface area contributed by atoms with E-state index in [-0.39, 0.29) is 5.65 Å². The van der Waals surface area contributed by atoms with Gasteiger partial charge in [0, 0.05) is 30.2 Å². The number of halogens is 3. The minimum absolute atomic E-state index is 0.0877. The molecule has 1 aromatic carbocycles. The Morgan fingerprint density at radius 1 is 1.00 bits per heavy atom. The largest absolute Gasteiger partial charge is 0.453 e. The van der Waals surface area contributed by atoms with Crippen LogP contribution in [0.5, 0.6) is 0 Å². The predicted molar refractivity (Wildman–Crippen MR) is 98.3 cm³/mol. The first-order valence-corrected chi connectivity index (χ1v) is 9.11. The summed E-state index contributed by atoms with van der Waals surface area (Å²) in [6.07, 6.45) is -0.693. The van der Waals surface area contributed by atoms with Gasteiger partial charge in [0.2, 0.25) is 0 Å². The second kappa shape index (κ2) is 6.22. The molecule has 4 aromatic rings. The second-order valence-corrected chi connectivity index (χ2v) is 7.03. The zero-order valence-corrected chi connectivity index (χ0v) is 14.8. The summed E-state index contributed by atoms with van der Waals surface area (Å²) in [7, 11) is 0. The van der Waals surface area contributed by atoms with E-state index < -0.39 is 12.0 Å². The highest BCUT2D eigenvalue weighted by Crippen LogP contribution is 2.34. The van der Waals surface area contributed by atoms with Crippen LogP contribution in [-0.4, -0.2) is 37.9 Å². The number of nitrogens with zero attached hydrogens (tertiary/aromatic N) is 5. The van der Waals surface area contributed by atoms with Gasteiger partial charge in [-0.25, -0.2) is 0 Å². The molecule has 0 spiro atoms. The lowest BCUT2D eigenvalue weighted by Gasteiger charge is -2.32. The third-order valence-electron chi connectivity index (χ3n) is 5.38. The first-order valence-electron chi connectivity index (χ1n) is 9.11. The first kappa shape index (κ1) is 17.0. The summed E-state index contributed by atoms with van der Waals surface area (Å²) in [5.74, 6) is -0.176. The number of benzene rings is 1. The molecule has 28 heavy (non-hydrogen) atoms. The molecular weight excluding hydrogens is 369 g/mol. The highest BCUT2D eigenvalue weighted by Gasteiger charge is 2.38. The standard InChI is InChI=1S/C19H17F3N6/c20-19(21,22)18-25-24-16-5-6-17(26-28(16)18)27-9-7-12(8-10-27)14-11-23-15-4-2-1-3-13(14)15/h1-6,11-12,23H,7-10H2. The highest BCUT2D eigenvalue weighted by molar-refractivity contribution is 5.83. The summed E-state index contributed by atoms with van der Waals surface area (Å²) >= 11 is 0. The predicted octanol–water partition coefficient (Wildman–Crippen LogP) is 4.01. The average molecular weight is 386 g/mol. The summed E-state index contributed by atoms with van der Waals surface area (Å²) in [4.78, 5) is 5.33. The number of hydrogen-bond donors (Lipinski definition) is 1. The van der Waals surface area contributed by atoms with Crippen molar-refractivity contribution in [3.63, 3.8) is 0 Å². The maximum Gasteiger partial charge on any atom is 0.453 e. The minimum Gasteiger partial charge on any atom is -0.361 e. The fraction of sp³-hybridized carbons (Fsp3) is 0.316. The third kappa shape index (κ3) is 2.78. The lowest BCUT2D eigenvalue weighted by atomic mass is 9.89. The minimum atomic E-state index is -4.59. The number of aromatic nitrogens is 5. The molecule has 0 unspecified atom stereocenters. The Labute approximate surface area is 158 Å². The van der Waals surface area contributed by atoms with Crippen LogP contribution in [0.2, 0.25) is 0 Å². The van der Waals surface area contributed by atoms with Gasteiger partial charge in [-0.2, -0.15) is 17.7 Å². The Balaban J connectivity index is 1.38. The van der Waals surface area contributed by atoms with Crippen LogP contribution >= 0.6 is 0 Å². The average Bonchev–Trinajstić information content (AvgIpc) is 3.31. The first-order chi connectivity index (χ1) is 13.5. The van der Waals surface area contributed by atoms with Crippen molar-refractivity contribution in [1.29, 1.82) is 0 Å². The van der Waals surface area contributed by atoms with Crippen molar-refractivity contribution in [2.75, 3.05) is 18.0 Å². The molecule has 4 heterocycles. The number of para-hydroxylation sites is 1. The van der Waals surface area contributed by atoms with E-state index in [1.165, 1.54) is 17.0 Å². The van der Waals surface area contributed by atoms with E-state index in [4.69, 9.17) is 0 Å². The zero-order chi connectivity index (χ0) is 19.3. The number of rotatable bonds is 2. The number of hydrogen-bond acceptors (Lipinski definition) is 4. The molecular formula is C19H17F3N6. The summed E-state index contributed by atoms with van der Waals surface area (Å²) in [5.41, 5.74) is 2.51. The molecule has 5 rings (SSSR count). The van der Waals surface area contributed by atoms with Gasteiger partial charge >= 0.3 is 6.18 Å². The number of anilines is 1. The number of aromatic amines is 1. The quantitative estimate of drug-likeness (QED) is 0.566. The van der Waals surface area contributed by atoms with E-state index in [9.17, 15) is 13.2 Å². The number of nitrogens with one attached hydrogen (secondary N) is 1. The van der Waals surface area contributed by atoms with Crippen LogP contribution < -0.4 is 4.90 Å². The molecule has 144 valence electrons. The lowest BCUT2D eigenvalue weighted by molar-refractivity contribution is -0.146. The van der Waals surface area contributed by atoms with E-state index in [0.717, 1.165) is 36.0 Å². The Bertz CT molecular complexity index is 1140. The van der Waals surface area contributed by atoms with E-state index in [2.05, 4.69) is 38.6 Å². The summed E-state index contributed by atoms with van der Waals surface area (Å²) in [5, 5.41) is 12.2. The van der Waals surface area contributed by atoms with Crippen molar-refractivity contribution in [2.24, 2.45) is 0 Å². The topological polar surface area (TPSA) is 62.1 Å². The molecule has 9 heteroatoms. The Morgan fingerprint density at radius 3 is 2.57 bits per heavy atom. The van der Waals surface area contributed by atoms with E-state index in [1.807, 2.05) is 17.0 Å². The van der Waals surface area contributed by atoms with Gasteiger partial charge in [0.1, 0.15) is 5.82 Å². The molecule has 1 saturated heterocycles. The van der Waals surface area contributed by atoms with E-state index >= 15 is 0 Å². The fourth-order valence-electron chi connectivity index (χ4n) is 3.98. The van der Waals surface area contributed by atoms with Crippen molar-refractivity contribution >= 4 is 22.4 Å². The Kier molecular flexibility index (Phi) is 3.78. The smallest absolute Gasteiger partial charge is 0.361 e. The normalized spacial score (nSPS) is 16.3. The van der Waals surface area contributed by atoms with Crippen molar-refractivity contribution in [3.05, 3.63) is 54.0 Å². The van der Waals surface area contributed by atoms with Gasteiger partial charge in [-0.3, -0.25) is 0 Å². The number of piperidine rings is 1. The fourth-order valence-corrected chi connectivity index (χ4v) is 3.98. The van der Waals surface area contributed by atoms with Crippen molar-refractivity contribution in [1.82, 2.24) is 24.8 Å². The van der Waals surface area contributed by atoms with Crippen LogP contribution in [0.1, 0.15) is 30.1 Å².